The maximum Gasteiger partial charge on any atom is 0.157 e. The lowest BCUT2D eigenvalue weighted by molar-refractivity contribution is 0.116. The molecule has 0 aromatic carbocycles. The van der Waals surface area contributed by atoms with E-state index in [1.165, 1.54) is 0 Å². The highest BCUT2D eigenvalue weighted by Crippen LogP contribution is 2.17. The number of nitrogens with two attached hydrogens (primary N) is 1. The van der Waals surface area contributed by atoms with Crippen LogP contribution in [0, 0.1) is 0 Å². The summed E-state index contributed by atoms with van der Waals surface area (Å²) in [5.41, 5.74) is 7.46. The number of aromatic nitrogens is 4. The lowest BCUT2D eigenvalue weighted by Crippen LogP contribution is -2.04. The predicted molar refractivity (Wildman–Crippen MR) is 68.6 cm³/mol. The van der Waals surface area contributed by atoms with E-state index in [9.17, 15) is 0 Å². The fourth-order valence-electron chi connectivity index (χ4n) is 1.59. The van der Waals surface area contributed by atoms with Gasteiger partial charge in [-0.15, -0.1) is 0 Å². The molecule has 2 N–H and O–H groups in total. The Morgan fingerprint density at radius 3 is 2.89 bits per heavy atom. The molecule has 6 nitrogen and oxygen atoms in total. The molecule has 0 aliphatic rings. The minimum Gasteiger partial charge on any atom is -0.384 e. The SMILES string of the molecule is CCCOCc1nc(N)cc(-c2cnn(C)c2)n1. The molecule has 2 aromatic rings. The maximum atomic E-state index is 5.77. The summed E-state index contributed by atoms with van der Waals surface area (Å²) < 4.78 is 7.14. The molecule has 6 heteroatoms. The number of rotatable bonds is 5. The minimum absolute atomic E-state index is 0.381. The molecule has 0 bridgehead atoms. The third kappa shape index (κ3) is 3.04. The topological polar surface area (TPSA) is 78.9 Å². The standard InChI is InChI=1S/C12H17N5O/c1-3-4-18-8-12-15-10(5-11(13)16-12)9-6-14-17(2)7-9/h5-7H,3-4,8H2,1-2H3,(H2,13,15,16). The van der Waals surface area contributed by atoms with Gasteiger partial charge in [-0.3, -0.25) is 4.68 Å². The second-order valence-corrected chi connectivity index (χ2v) is 4.05. The van der Waals surface area contributed by atoms with Crippen molar-refractivity contribution in [2.75, 3.05) is 12.3 Å². The molecule has 0 radical (unpaired) electrons. The van der Waals surface area contributed by atoms with E-state index in [-0.39, 0.29) is 0 Å². The Hall–Kier alpha value is -1.95. The van der Waals surface area contributed by atoms with E-state index < -0.39 is 0 Å². The van der Waals surface area contributed by atoms with Gasteiger partial charge in [0, 0.05) is 31.5 Å². The highest BCUT2D eigenvalue weighted by atomic mass is 16.5. The Labute approximate surface area is 106 Å². The third-order valence-corrected chi connectivity index (χ3v) is 2.37. The van der Waals surface area contributed by atoms with Crippen LogP contribution in [0.2, 0.25) is 0 Å². The Kier molecular flexibility index (Phi) is 3.88. The first-order chi connectivity index (χ1) is 8.69. The highest BCUT2D eigenvalue weighted by Gasteiger charge is 2.07. The second kappa shape index (κ2) is 5.59. The van der Waals surface area contributed by atoms with E-state index in [1.54, 1.807) is 16.9 Å². The van der Waals surface area contributed by atoms with Crippen LogP contribution in [0.3, 0.4) is 0 Å². The van der Waals surface area contributed by atoms with Crippen LogP contribution in [0.5, 0.6) is 0 Å². The number of ether oxygens (including phenoxy) is 1. The lowest BCUT2D eigenvalue weighted by Gasteiger charge is -2.05. The molecule has 2 aromatic heterocycles. The molecular formula is C12H17N5O. The smallest absolute Gasteiger partial charge is 0.157 e. The summed E-state index contributed by atoms with van der Waals surface area (Å²) in [6, 6.07) is 1.74. The number of hydrogen-bond acceptors (Lipinski definition) is 5. The highest BCUT2D eigenvalue weighted by molar-refractivity contribution is 5.59. The second-order valence-electron chi connectivity index (χ2n) is 4.05. The van der Waals surface area contributed by atoms with Crippen molar-refractivity contribution in [1.82, 2.24) is 19.7 Å². The molecule has 0 fully saturated rings. The number of aryl methyl sites for hydroxylation is 1. The third-order valence-electron chi connectivity index (χ3n) is 2.37. The molecule has 0 amide bonds. The van der Waals surface area contributed by atoms with Gasteiger partial charge < -0.3 is 10.5 Å². The van der Waals surface area contributed by atoms with Crippen molar-refractivity contribution < 1.29 is 4.74 Å². The fraction of sp³-hybridized carbons (Fsp3) is 0.417. The summed E-state index contributed by atoms with van der Waals surface area (Å²) in [5, 5.41) is 4.11. The van der Waals surface area contributed by atoms with Crippen LogP contribution in [-0.2, 0) is 18.4 Å². The van der Waals surface area contributed by atoms with Gasteiger partial charge in [0.05, 0.1) is 11.9 Å². The van der Waals surface area contributed by atoms with Crippen molar-refractivity contribution >= 4 is 5.82 Å². The normalized spacial score (nSPS) is 10.8. The molecule has 0 aliphatic heterocycles. The first-order valence-electron chi connectivity index (χ1n) is 5.89. The monoisotopic (exact) mass is 247 g/mol. The van der Waals surface area contributed by atoms with Crippen LogP contribution in [0.1, 0.15) is 19.2 Å². The minimum atomic E-state index is 0.381. The van der Waals surface area contributed by atoms with Gasteiger partial charge in [-0.2, -0.15) is 5.10 Å². The molecule has 0 aliphatic carbocycles. The first-order valence-corrected chi connectivity index (χ1v) is 5.89. The largest absolute Gasteiger partial charge is 0.384 e. The number of anilines is 1. The van der Waals surface area contributed by atoms with Crippen molar-refractivity contribution in [1.29, 1.82) is 0 Å². The predicted octanol–water partition coefficient (Wildman–Crippen LogP) is 1.39. The van der Waals surface area contributed by atoms with E-state index in [0.29, 0.717) is 24.9 Å². The Bertz CT molecular complexity index is 523. The van der Waals surface area contributed by atoms with Gasteiger partial charge in [0.15, 0.2) is 5.82 Å². The zero-order chi connectivity index (χ0) is 13.0. The van der Waals surface area contributed by atoms with Crippen LogP contribution in [-0.4, -0.2) is 26.4 Å². The van der Waals surface area contributed by atoms with Gasteiger partial charge in [-0.05, 0) is 6.42 Å². The summed E-state index contributed by atoms with van der Waals surface area (Å²) in [6.45, 7) is 3.13. The van der Waals surface area contributed by atoms with E-state index in [1.807, 2.05) is 13.2 Å². The summed E-state index contributed by atoms with van der Waals surface area (Å²) in [6.07, 6.45) is 4.61. The average Bonchev–Trinajstić information content (AvgIpc) is 2.76. The van der Waals surface area contributed by atoms with Crippen LogP contribution < -0.4 is 5.73 Å². The molecule has 18 heavy (non-hydrogen) atoms. The van der Waals surface area contributed by atoms with Crippen LogP contribution in [0.4, 0.5) is 5.82 Å². The number of nitrogens with zero attached hydrogens (tertiary/aromatic N) is 4. The molecule has 0 saturated heterocycles. The van der Waals surface area contributed by atoms with E-state index in [0.717, 1.165) is 17.7 Å². The van der Waals surface area contributed by atoms with Gasteiger partial charge in [0.25, 0.3) is 0 Å². The summed E-state index contributed by atoms with van der Waals surface area (Å²) in [7, 11) is 1.86. The summed E-state index contributed by atoms with van der Waals surface area (Å²) in [5.74, 6) is 1.04. The summed E-state index contributed by atoms with van der Waals surface area (Å²) >= 11 is 0. The van der Waals surface area contributed by atoms with Crippen molar-refractivity contribution in [3.63, 3.8) is 0 Å². The molecule has 2 rings (SSSR count). The van der Waals surface area contributed by atoms with Crippen molar-refractivity contribution in [3.05, 3.63) is 24.3 Å². The van der Waals surface area contributed by atoms with Gasteiger partial charge in [0.2, 0.25) is 0 Å². The van der Waals surface area contributed by atoms with E-state index in [2.05, 4.69) is 22.0 Å². The molecule has 0 spiro atoms. The van der Waals surface area contributed by atoms with E-state index in [4.69, 9.17) is 10.5 Å². The molecule has 96 valence electrons. The van der Waals surface area contributed by atoms with Crippen molar-refractivity contribution in [2.24, 2.45) is 7.05 Å². The van der Waals surface area contributed by atoms with E-state index >= 15 is 0 Å². The van der Waals surface area contributed by atoms with Gasteiger partial charge in [-0.1, -0.05) is 6.92 Å². The van der Waals surface area contributed by atoms with Gasteiger partial charge >= 0.3 is 0 Å². The Morgan fingerprint density at radius 1 is 1.39 bits per heavy atom. The van der Waals surface area contributed by atoms with Crippen molar-refractivity contribution in [2.45, 2.75) is 20.0 Å². The summed E-state index contributed by atoms with van der Waals surface area (Å²) in [4.78, 5) is 8.57. The Morgan fingerprint density at radius 2 is 2.22 bits per heavy atom. The van der Waals surface area contributed by atoms with Crippen molar-refractivity contribution in [3.8, 4) is 11.3 Å². The Balaban J connectivity index is 2.21. The molecular weight excluding hydrogens is 230 g/mol. The zero-order valence-corrected chi connectivity index (χ0v) is 10.6. The lowest BCUT2D eigenvalue weighted by atomic mass is 10.2. The number of nitrogen functional groups attached to an aromatic ring is 1. The average molecular weight is 247 g/mol. The molecule has 2 heterocycles. The molecule has 0 atom stereocenters. The maximum absolute atomic E-state index is 5.77. The first kappa shape index (κ1) is 12.5. The van der Waals surface area contributed by atoms with Gasteiger partial charge in [0.1, 0.15) is 12.4 Å². The van der Waals surface area contributed by atoms with Crippen LogP contribution >= 0.6 is 0 Å². The van der Waals surface area contributed by atoms with Crippen LogP contribution in [0.25, 0.3) is 11.3 Å². The molecule has 0 saturated carbocycles. The van der Waals surface area contributed by atoms with Crippen LogP contribution in [0.15, 0.2) is 18.5 Å². The van der Waals surface area contributed by atoms with Gasteiger partial charge in [-0.25, -0.2) is 9.97 Å². The quantitative estimate of drug-likeness (QED) is 0.808. The number of hydrogen-bond donors (Lipinski definition) is 1. The zero-order valence-electron chi connectivity index (χ0n) is 10.6. The molecule has 0 unspecified atom stereocenters. The fourth-order valence-corrected chi connectivity index (χ4v) is 1.59.